The van der Waals surface area contributed by atoms with Crippen molar-refractivity contribution >= 4 is 5.91 Å². The van der Waals surface area contributed by atoms with Crippen molar-refractivity contribution in [2.24, 2.45) is 17.6 Å². The van der Waals surface area contributed by atoms with Crippen LogP contribution in [0.25, 0.3) is 0 Å². The van der Waals surface area contributed by atoms with Gasteiger partial charge in [-0.05, 0) is 38.5 Å². The van der Waals surface area contributed by atoms with Gasteiger partial charge in [-0.25, -0.2) is 0 Å². The Morgan fingerprint density at radius 3 is 2.47 bits per heavy atom. The Labute approximate surface area is 106 Å². The van der Waals surface area contributed by atoms with Crippen LogP contribution in [0.2, 0.25) is 0 Å². The summed E-state index contributed by atoms with van der Waals surface area (Å²) in [4.78, 5) is 14.0. The molecule has 1 aliphatic rings. The molecule has 1 saturated carbocycles. The van der Waals surface area contributed by atoms with Crippen LogP contribution in [0, 0.1) is 11.8 Å². The molecule has 0 aromatic carbocycles. The van der Waals surface area contributed by atoms with E-state index in [0.717, 1.165) is 31.7 Å². The lowest BCUT2D eigenvalue weighted by molar-refractivity contribution is -0.134. The van der Waals surface area contributed by atoms with E-state index in [1.54, 1.807) is 0 Å². The van der Waals surface area contributed by atoms with Crippen molar-refractivity contribution in [3.63, 3.8) is 0 Å². The first kappa shape index (κ1) is 14.5. The largest absolute Gasteiger partial charge is 0.345 e. The molecule has 1 aliphatic carbocycles. The van der Waals surface area contributed by atoms with Crippen molar-refractivity contribution in [2.45, 2.75) is 58.4 Å². The molecule has 100 valence electrons. The van der Waals surface area contributed by atoms with Gasteiger partial charge in [0.15, 0.2) is 0 Å². The third kappa shape index (κ3) is 5.07. The molecular formula is C14H28N2O. The number of amides is 1. The minimum absolute atomic E-state index is 0.152. The topological polar surface area (TPSA) is 46.3 Å². The van der Waals surface area contributed by atoms with E-state index in [9.17, 15) is 4.79 Å². The first-order valence-electron chi connectivity index (χ1n) is 7.01. The lowest BCUT2D eigenvalue weighted by Crippen LogP contribution is -2.37. The monoisotopic (exact) mass is 240 g/mol. The smallest absolute Gasteiger partial charge is 0.225 e. The van der Waals surface area contributed by atoms with Gasteiger partial charge in [0.25, 0.3) is 0 Å². The number of nitrogens with zero attached hydrogens (tertiary/aromatic N) is 1. The zero-order valence-electron chi connectivity index (χ0n) is 11.6. The number of carbonyl (C=O) groups is 1. The van der Waals surface area contributed by atoms with Gasteiger partial charge in [-0.3, -0.25) is 4.79 Å². The molecule has 0 spiro atoms. The highest BCUT2D eigenvalue weighted by Gasteiger charge is 2.23. The second-order valence-corrected chi connectivity index (χ2v) is 5.82. The SMILES string of the molecule is CC(N)CCCC(C)C(=O)N(C)CC1CCC1. The van der Waals surface area contributed by atoms with Crippen LogP contribution in [0.3, 0.4) is 0 Å². The Morgan fingerprint density at radius 2 is 2.00 bits per heavy atom. The molecule has 3 nitrogen and oxygen atoms in total. The molecule has 0 saturated heterocycles. The fourth-order valence-corrected chi connectivity index (χ4v) is 2.40. The summed E-state index contributed by atoms with van der Waals surface area (Å²) < 4.78 is 0. The molecule has 0 aromatic heterocycles. The third-order valence-electron chi connectivity index (χ3n) is 3.85. The molecule has 0 aliphatic heterocycles. The summed E-state index contributed by atoms with van der Waals surface area (Å²) in [6.07, 6.45) is 6.99. The van der Waals surface area contributed by atoms with Crippen molar-refractivity contribution in [1.29, 1.82) is 0 Å². The van der Waals surface area contributed by atoms with Gasteiger partial charge < -0.3 is 10.6 Å². The summed E-state index contributed by atoms with van der Waals surface area (Å²) in [5, 5.41) is 0. The molecule has 0 aromatic rings. The highest BCUT2D eigenvalue weighted by molar-refractivity contribution is 5.78. The summed E-state index contributed by atoms with van der Waals surface area (Å²) in [7, 11) is 1.95. The molecule has 2 N–H and O–H groups in total. The van der Waals surface area contributed by atoms with Crippen LogP contribution in [0.5, 0.6) is 0 Å². The van der Waals surface area contributed by atoms with E-state index in [0.29, 0.717) is 5.91 Å². The molecule has 1 amide bonds. The Kier molecular flexibility index (Phi) is 5.96. The fraction of sp³-hybridized carbons (Fsp3) is 0.929. The molecule has 0 heterocycles. The Morgan fingerprint density at radius 1 is 1.35 bits per heavy atom. The third-order valence-corrected chi connectivity index (χ3v) is 3.85. The highest BCUT2D eigenvalue weighted by atomic mass is 16.2. The molecule has 1 rings (SSSR count). The van der Waals surface area contributed by atoms with E-state index in [1.165, 1.54) is 19.3 Å². The average Bonchev–Trinajstić information content (AvgIpc) is 2.21. The predicted octanol–water partition coefficient (Wildman–Crippen LogP) is 2.40. The lowest BCUT2D eigenvalue weighted by Gasteiger charge is -2.31. The Balaban J connectivity index is 2.19. The Bertz CT molecular complexity index is 236. The quantitative estimate of drug-likeness (QED) is 0.742. The zero-order valence-corrected chi connectivity index (χ0v) is 11.6. The van der Waals surface area contributed by atoms with Crippen LogP contribution in [0.1, 0.15) is 52.4 Å². The maximum atomic E-state index is 12.1. The molecular weight excluding hydrogens is 212 g/mol. The highest BCUT2D eigenvalue weighted by Crippen LogP contribution is 2.27. The number of hydrogen-bond acceptors (Lipinski definition) is 2. The summed E-state index contributed by atoms with van der Waals surface area (Å²) in [6, 6.07) is 0.255. The maximum absolute atomic E-state index is 12.1. The van der Waals surface area contributed by atoms with Crippen molar-refractivity contribution in [1.82, 2.24) is 4.90 Å². The molecule has 17 heavy (non-hydrogen) atoms. The van der Waals surface area contributed by atoms with Crippen LogP contribution in [-0.2, 0) is 4.79 Å². The van der Waals surface area contributed by atoms with E-state index < -0.39 is 0 Å². The zero-order chi connectivity index (χ0) is 12.8. The van der Waals surface area contributed by atoms with Crippen LogP contribution < -0.4 is 5.73 Å². The van der Waals surface area contributed by atoms with Gasteiger partial charge in [0.1, 0.15) is 0 Å². The number of hydrogen-bond donors (Lipinski definition) is 1. The van der Waals surface area contributed by atoms with Gasteiger partial charge in [-0.2, -0.15) is 0 Å². The standard InChI is InChI=1S/C14H28N2O/c1-11(6-4-7-12(2)15)14(17)16(3)10-13-8-5-9-13/h11-13H,4-10,15H2,1-3H3. The number of nitrogens with two attached hydrogens (primary N) is 1. The summed E-state index contributed by atoms with van der Waals surface area (Å²) in [6.45, 7) is 5.02. The first-order chi connectivity index (χ1) is 8.00. The molecule has 0 radical (unpaired) electrons. The molecule has 1 fully saturated rings. The molecule has 0 bridgehead atoms. The second kappa shape index (κ2) is 7.00. The minimum atomic E-state index is 0.152. The van der Waals surface area contributed by atoms with Crippen LogP contribution in [0.4, 0.5) is 0 Å². The second-order valence-electron chi connectivity index (χ2n) is 5.82. The summed E-state index contributed by atoms with van der Waals surface area (Å²) in [5.74, 6) is 1.22. The van der Waals surface area contributed by atoms with Crippen LogP contribution in [0.15, 0.2) is 0 Å². The first-order valence-corrected chi connectivity index (χ1v) is 7.01. The van der Waals surface area contributed by atoms with Gasteiger partial charge in [-0.15, -0.1) is 0 Å². The predicted molar refractivity (Wildman–Crippen MR) is 71.6 cm³/mol. The average molecular weight is 240 g/mol. The normalized spacial score (nSPS) is 19.5. The molecule has 2 unspecified atom stereocenters. The van der Waals surface area contributed by atoms with E-state index in [1.807, 2.05) is 25.8 Å². The van der Waals surface area contributed by atoms with Gasteiger partial charge in [-0.1, -0.05) is 19.8 Å². The van der Waals surface area contributed by atoms with Crippen LogP contribution >= 0.6 is 0 Å². The molecule has 3 heteroatoms. The van der Waals surface area contributed by atoms with Crippen molar-refractivity contribution in [3.8, 4) is 0 Å². The van der Waals surface area contributed by atoms with E-state index in [2.05, 4.69) is 0 Å². The van der Waals surface area contributed by atoms with Crippen molar-refractivity contribution in [3.05, 3.63) is 0 Å². The number of rotatable bonds is 7. The van der Waals surface area contributed by atoms with Crippen LogP contribution in [-0.4, -0.2) is 30.4 Å². The molecule has 2 atom stereocenters. The van der Waals surface area contributed by atoms with Gasteiger partial charge in [0.05, 0.1) is 0 Å². The summed E-state index contributed by atoms with van der Waals surface area (Å²) >= 11 is 0. The van der Waals surface area contributed by atoms with Crippen molar-refractivity contribution < 1.29 is 4.79 Å². The van der Waals surface area contributed by atoms with E-state index in [-0.39, 0.29) is 12.0 Å². The van der Waals surface area contributed by atoms with E-state index >= 15 is 0 Å². The Hall–Kier alpha value is -0.570. The van der Waals surface area contributed by atoms with E-state index in [4.69, 9.17) is 5.73 Å². The van der Waals surface area contributed by atoms with Gasteiger partial charge >= 0.3 is 0 Å². The van der Waals surface area contributed by atoms with Gasteiger partial charge in [0.2, 0.25) is 5.91 Å². The minimum Gasteiger partial charge on any atom is -0.345 e. The fourth-order valence-electron chi connectivity index (χ4n) is 2.40. The van der Waals surface area contributed by atoms with Gasteiger partial charge in [0, 0.05) is 25.6 Å². The lowest BCUT2D eigenvalue weighted by atomic mass is 9.85. The number of carbonyl (C=O) groups excluding carboxylic acids is 1. The summed E-state index contributed by atoms with van der Waals surface area (Å²) in [5.41, 5.74) is 5.71. The van der Waals surface area contributed by atoms with Crippen molar-refractivity contribution in [2.75, 3.05) is 13.6 Å². The maximum Gasteiger partial charge on any atom is 0.225 e.